The van der Waals surface area contributed by atoms with E-state index in [1.165, 1.54) is 0 Å². The van der Waals surface area contributed by atoms with Crippen molar-refractivity contribution in [3.05, 3.63) is 82.2 Å². The summed E-state index contributed by atoms with van der Waals surface area (Å²) in [5.74, 6) is -0.422. The molecule has 0 aliphatic carbocycles. The molecule has 0 radical (unpaired) electrons. The number of rotatable bonds is 4. The van der Waals surface area contributed by atoms with E-state index in [-0.39, 0.29) is 5.91 Å². The summed E-state index contributed by atoms with van der Waals surface area (Å²) in [6.45, 7) is 4.01. The summed E-state index contributed by atoms with van der Waals surface area (Å²) in [6, 6.07) is 8.79. The van der Waals surface area contributed by atoms with Gasteiger partial charge in [-0.05, 0) is 72.4 Å². The lowest BCUT2D eigenvalue weighted by Crippen LogP contribution is -2.68. The van der Waals surface area contributed by atoms with Crippen molar-refractivity contribution in [3.8, 4) is 0 Å². The average molecular weight is 443 g/mol. The lowest BCUT2D eigenvalue weighted by molar-refractivity contribution is 0.0392. The van der Waals surface area contributed by atoms with Crippen molar-refractivity contribution in [1.82, 2.24) is 20.5 Å². The number of dihydropyridines is 1. The van der Waals surface area contributed by atoms with Gasteiger partial charge in [0.25, 0.3) is 5.91 Å². The van der Waals surface area contributed by atoms with Crippen molar-refractivity contribution in [2.75, 3.05) is 13.1 Å². The highest BCUT2D eigenvalue weighted by atomic mass is 35.5. The average Bonchev–Trinajstić information content (AvgIpc) is 2.74. The fraction of sp³-hybridized carbons (Fsp3) is 0.304. The second-order valence-electron chi connectivity index (χ2n) is 7.86. The number of hydrogen-bond acceptors (Lipinski definition) is 4. The molecule has 156 valence electrons. The third-order valence-corrected chi connectivity index (χ3v) is 6.09. The summed E-state index contributed by atoms with van der Waals surface area (Å²) in [6.07, 6.45) is 11.6. The number of benzene rings is 1. The zero-order valence-electron chi connectivity index (χ0n) is 16.7. The smallest absolute Gasteiger partial charge is 0.254 e. The monoisotopic (exact) mass is 442 g/mol. The number of nitrogens with one attached hydrogen (secondary N) is 2. The number of hydrogen-bond donors (Lipinski definition) is 2. The maximum absolute atomic E-state index is 13.2. The molecule has 1 aromatic carbocycles. The molecule has 2 aromatic rings. The van der Waals surface area contributed by atoms with Crippen LogP contribution < -0.4 is 10.6 Å². The first kappa shape index (κ1) is 20.9. The number of halogens is 2. The topological polar surface area (TPSA) is 57.3 Å². The molecule has 2 aliphatic heterocycles. The van der Waals surface area contributed by atoms with E-state index in [0.717, 1.165) is 37.1 Å². The SMILES string of the molecule is CC1CCN(C2(NC(=O)c3cc(Cl)cc(Cl)c3)C=C(c3ccncc3)C=CN2)CC1. The number of nitrogens with zero attached hydrogens (tertiary/aromatic N) is 2. The maximum Gasteiger partial charge on any atom is 0.254 e. The molecule has 5 nitrogen and oxygen atoms in total. The van der Waals surface area contributed by atoms with Gasteiger partial charge in [-0.25, -0.2) is 0 Å². The fourth-order valence-electron chi connectivity index (χ4n) is 3.92. The number of piperidine rings is 1. The normalized spacial score (nSPS) is 22.3. The predicted molar refractivity (Wildman–Crippen MR) is 121 cm³/mol. The molecule has 30 heavy (non-hydrogen) atoms. The first-order chi connectivity index (χ1) is 14.4. The summed E-state index contributed by atoms with van der Waals surface area (Å²) in [5.41, 5.74) is 2.48. The molecule has 3 heterocycles. The van der Waals surface area contributed by atoms with Crippen LogP contribution in [0.1, 0.15) is 35.7 Å². The Labute approximate surface area is 186 Å². The van der Waals surface area contributed by atoms with Crippen molar-refractivity contribution in [1.29, 1.82) is 0 Å². The number of pyridine rings is 1. The van der Waals surface area contributed by atoms with Crippen LogP contribution in [0.25, 0.3) is 5.57 Å². The number of aromatic nitrogens is 1. The van der Waals surface area contributed by atoms with Gasteiger partial charge in [0.05, 0.1) is 0 Å². The molecule has 0 spiro atoms. The van der Waals surface area contributed by atoms with Crippen LogP contribution in [-0.4, -0.2) is 34.7 Å². The van der Waals surface area contributed by atoms with Crippen molar-refractivity contribution in [3.63, 3.8) is 0 Å². The van der Waals surface area contributed by atoms with Crippen LogP contribution in [0.5, 0.6) is 0 Å². The van der Waals surface area contributed by atoms with Gasteiger partial charge in [-0.15, -0.1) is 0 Å². The molecular weight excluding hydrogens is 419 g/mol. The highest BCUT2D eigenvalue weighted by Gasteiger charge is 2.39. The van der Waals surface area contributed by atoms with Crippen LogP contribution in [0.3, 0.4) is 0 Å². The van der Waals surface area contributed by atoms with Crippen molar-refractivity contribution in [2.45, 2.75) is 25.6 Å². The molecule has 4 rings (SSSR count). The van der Waals surface area contributed by atoms with E-state index in [9.17, 15) is 4.79 Å². The molecular formula is C23H24Cl2N4O. The minimum Gasteiger partial charge on any atom is -0.353 e. The third-order valence-electron chi connectivity index (χ3n) is 5.66. The molecule has 2 N–H and O–H groups in total. The molecule has 1 saturated heterocycles. The third kappa shape index (κ3) is 4.53. The van der Waals surface area contributed by atoms with Gasteiger partial charge < -0.3 is 10.6 Å². The molecule has 1 atom stereocenters. The fourth-order valence-corrected chi connectivity index (χ4v) is 4.45. The standard InChI is InChI=1S/C23H24Cl2N4O/c1-16-5-10-29(11-6-16)23(28-22(30)19-12-20(24)14-21(25)13-19)15-18(4-9-27-23)17-2-7-26-8-3-17/h2-4,7-9,12-16,27H,5-6,10-11H2,1H3,(H,28,30). The minimum atomic E-state index is -0.848. The molecule has 1 unspecified atom stereocenters. The van der Waals surface area contributed by atoms with E-state index in [4.69, 9.17) is 23.2 Å². The highest BCUT2D eigenvalue weighted by molar-refractivity contribution is 6.35. The van der Waals surface area contributed by atoms with Crippen LogP contribution in [0.2, 0.25) is 10.0 Å². The van der Waals surface area contributed by atoms with E-state index >= 15 is 0 Å². The van der Waals surface area contributed by atoms with Gasteiger partial charge in [0.1, 0.15) is 0 Å². The number of allylic oxidation sites excluding steroid dienone is 2. The van der Waals surface area contributed by atoms with Gasteiger partial charge in [0.15, 0.2) is 5.79 Å². The summed E-state index contributed by atoms with van der Waals surface area (Å²) in [7, 11) is 0. The molecule has 1 fully saturated rings. The van der Waals surface area contributed by atoms with Crippen LogP contribution in [-0.2, 0) is 0 Å². The number of likely N-dealkylation sites (tertiary alicyclic amines) is 1. The van der Waals surface area contributed by atoms with Gasteiger partial charge in [-0.2, -0.15) is 0 Å². The second-order valence-corrected chi connectivity index (χ2v) is 8.73. The van der Waals surface area contributed by atoms with Gasteiger partial charge in [0.2, 0.25) is 0 Å². The van der Waals surface area contributed by atoms with Crippen LogP contribution in [0.15, 0.2) is 61.1 Å². The molecule has 0 bridgehead atoms. The Kier molecular flexibility index (Phi) is 6.14. The predicted octanol–water partition coefficient (Wildman–Crippen LogP) is 4.70. The zero-order chi connectivity index (χ0) is 21.1. The van der Waals surface area contributed by atoms with Gasteiger partial charge in [-0.3, -0.25) is 14.7 Å². The van der Waals surface area contributed by atoms with Crippen LogP contribution >= 0.6 is 23.2 Å². The van der Waals surface area contributed by atoms with E-state index in [1.54, 1.807) is 30.6 Å². The summed E-state index contributed by atoms with van der Waals surface area (Å²) in [5, 5.41) is 7.46. The van der Waals surface area contributed by atoms with Gasteiger partial charge in [0, 0.05) is 47.3 Å². The summed E-state index contributed by atoms with van der Waals surface area (Å²) < 4.78 is 0. The van der Waals surface area contributed by atoms with Crippen molar-refractivity contribution < 1.29 is 4.79 Å². The van der Waals surface area contributed by atoms with Crippen LogP contribution in [0.4, 0.5) is 0 Å². The van der Waals surface area contributed by atoms with Crippen molar-refractivity contribution in [2.24, 2.45) is 5.92 Å². The van der Waals surface area contributed by atoms with E-state index in [0.29, 0.717) is 21.5 Å². The summed E-state index contributed by atoms with van der Waals surface area (Å²) in [4.78, 5) is 19.6. The zero-order valence-corrected chi connectivity index (χ0v) is 18.2. The van der Waals surface area contributed by atoms with E-state index < -0.39 is 5.79 Å². The summed E-state index contributed by atoms with van der Waals surface area (Å²) >= 11 is 12.2. The Balaban J connectivity index is 1.70. The molecule has 1 amide bonds. The quantitative estimate of drug-likeness (QED) is 0.719. The Morgan fingerprint density at radius 3 is 2.50 bits per heavy atom. The van der Waals surface area contributed by atoms with Gasteiger partial charge >= 0.3 is 0 Å². The van der Waals surface area contributed by atoms with E-state index in [2.05, 4.69) is 33.5 Å². The Hall–Kier alpha value is -2.34. The number of carbonyl (C=O) groups is 1. The number of amides is 1. The number of carbonyl (C=O) groups excluding carboxylic acids is 1. The Morgan fingerprint density at radius 1 is 1.17 bits per heavy atom. The maximum atomic E-state index is 13.2. The second kappa shape index (κ2) is 8.80. The molecule has 2 aliphatic rings. The lowest BCUT2D eigenvalue weighted by Gasteiger charge is -2.46. The van der Waals surface area contributed by atoms with E-state index in [1.807, 2.05) is 24.4 Å². The Morgan fingerprint density at radius 2 is 1.83 bits per heavy atom. The van der Waals surface area contributed by atoms with Crippen molar-refractivity contribution >= 4 is 34.7 Å². The molecule has 1 aromatic heterocycles. The molecule has 7 heteroatoms. The molecule has 0 saturated carbocycles. The largest absolute Gasteiger partial charge is 0.353 e. The first-order valence-corrected chi connectivity index (χ1v) is 10.8. The highest BCUT2D eigenvalue weighted by Crippen LogP contribution is 2.29. The first-order valence-electron chi connectivity index (χ1n) is 10.1. The van der Waals surface area contributed by atoms with Crippen LogP contribution in [0, 0.1) is 5.92 Å². The van der Waals surface area contributed by atoms with Gasteiger partial charge in [-0.1, -0.05) is 30.1 Å². The Bertz CT molecular complexity index is 964. The minimum absolute atomic E-state index is 0.244. The lowest BCUT2D eigenvalue weighted by atomic mass is 9.95.